The average Bonchev–Trinajstić information content (AvgIpc) is 2.87. The Balaban J connectivity index is 1.55. The van der Waals surface area contributed by atoms with Crippen LogP contribution in [0.5, 0.6) is 5.88 Å². The van der Waals surface area contributed by atoms with Crippen molar-refractivity contribution in [1.82, 2.24) is 9.97 Å². The number of nitrogens with zero attached hydrogens (tertiary/aromatic N) is 2. The van der Waals surface area contributed by atoms with E-state index in [0.717, 1.165) is 0 Å². The molecular weight excluding hydrogens is 485 g/mol. The Hall–Kier alpha value is -4.44. The molecule has 3 aromatic carbocycles. The third-order valence-electron chi connectivity index (χ3n) is 5.62. The van der Waals surface area contributed by atoms with Crippen molar-refractivity contribution < 1.29 is 27.8 Å². The van der Waals surface area contributed by atoms with Crippen molar-refractivity contribution in [2.45, 2.75) is 25.0 Å². The highest BCUT2D eigenvalue weighted by Crippen LogP contribution is 2.31. The first kappa shape index (κ1) is 25.6. The molecule has 0 saturated carbocycles. The van der Waals surface area contributed by atoms with E-state index in [1.165, 1.54) is 30.3 Å². The molecule has 1 unspecified atom stereocenters. The second-order valence-electron chi connectivity index (χ2n) is 8.30. The largest absolute Gasteiger partial charge is 0.480 e. The van der Waals surface area contributed by atoms with Crippen LogP contribution in [-0.4, -0.2) is 33.5 Å². The summed E-state index contributed by atoms with van der Waals surface area (Å²) < 4.78 is 47.0. The predicted octanol–water partition coefficient (Wildman–Crippen LogP) is 4.87. The van der Waals surface area contributed by atoms with Crippen LogP contribution in [0.25, 0.3) is 22.4 Å². The Morgan fingerprint density at radius 1 is 0.919 bits per heavy atom. The van der Waals surface area contributed by atoms with Gasteiger partial charge in [-0.1, -0.05) is 60.7 Å². The molecule has 4 rings (SSSR count). The van der Waals surface area contributed by atoms with Gasteiger partial charge in [0.15, 0.2) is 6.10 Å². The number of anilines is 1. The van der Waals surface area contributed by atoms with Gasteiger partial charge in [0, 0.05) is 11.6 Å². The lowest BCUT2D eigenvalue weighted by Crippen LogP contribution is -2.32. The van der Waals surface area contributed by atoms with E-state index in [1.54, 1.807) is 48.5 Å². The smallest absolute Gasteiger partial charge is 0.320 e. The Bertz CT molecular complexity index is 1380. The number of aliphatic carboxylic acids is 1. The number of aromatic nitrogens is 2. The number of hydrogen-bond donors (Lipinski definition) is 3. The first-order chi connectivity index (χ1) is 17.7. The molecule has 0 amide bonds. The summed E-state index contributed by atoms with van der Waals surface area (Å²) in [5.74, 6) is -1.81. The summed E-state index contributed by atoms with van der Waals surface area (Å²) in [4.78, 5) is 19.1. The molecule has 4 aromatic rings. The van der Waals surface area contributed by atoms with Gasteiger partial charge in [0.2, 0.25) is 11.8 Å². The molecule has 0 spiro atoms. The number of benzene rings is 3. The lowest BCUT2D eigenvalue weighted by molar-refractivity contribution is -0.138. The Morgan fingerprint density at radius 2 is 1.59 bits per heavy atom. The Kier molecular flexibility index (Phi) is 7.69. The molecule has 0 radical (unpaired) electrons. The van der Waals surface area contributed by atoms with Crippen molar-refractivity contribution in [3.05, 3.63) is 95.8 Å². The maximum atomic E-state index is 14.0. The molecule has 0 aliphatic carbocycles. The van der Waals surface area contributed by atoms with Crippen LogP contribution in [0.4, 0.5) is 19.1 Å². The van der Waals surface area contributed by atoms with Gasteiger partial charge in [-0.2, -0.15) is 4.98 Å². The molecule has 5 N–H and O–H groups in total. The van der Waals surface area contributed by atoms with Crippen LogP contribution in [0.15, 0.2) is 78.9 Å². The summed E-state index contributed by atoms with van der Waals surface area (Å²) >= 11 is 0. The Morgan fingerprint density at radius 3 is 2.22 bits per heavy atom. The molecule has 37 heavy (non-hydrogen) atoms. The lowest BCUT2D eigenvalue weighted by atomic mass is 10.0. The summed E-state index contributed by atoms with van der Waals surface area (Å²) in [5, 5.41) is 8.97. The average molecular weight is 509 g/mol. The van der Waals surface area contributed by atoms with Gasteiger partial charge in [0.1, 0.15) is 11.9 Å². The summed E-state index contributed by atoms with van der Waals surface area (Å²) in [6, 6.07) is 19.3. The molecule has 2 atom stereocenters. The zero-order valence-electron chi connectivity index (χ0n) is 19.4. The zero-order valence-corrected chi connectivity index (χ0v) is 19.4. The SMILES string of the molecule is Nc1nc(OC(c2ccc(-c3cccc(F)c3)cc2)C(F)F)cc(-c2ccc(C[C@H](N)C(=O)O)cc2)n1. The normalized spacial score (nSPS) is 12.8. The minimum atomic E-state index is -2.88. The van der Waals surface area contributed by atoms with E-state index < -0.39 is 30.4 Å². The van der Waals surface area contributed by atoms with Gasteiger partial charge >= 0.3 is 5.97 Å². The highest BCUT2D eigenvalue weighted by atomic mass is 19.3. The quantitative estimate of drug-likeness (QED) is 0.295. The predicted molar refractivity (Wildman–Crippen MR) is 132 cm³/mol. The van der Waals surface area contributed by atoms with Gasteiger partial charge in [0.25, 0.3) is 6.43 Å². The van der Waals surface area contributed by atoms with E-state index in [1.807, 2.05) is 0 Å². The van der Waals surface area contributed by atoms with Gasteiger partial charge in [0.05, 0.1) is 5.69 Å². The number of carboxylic acids is 1. The second-order valence-corrected chi connectivity index (χ2v) is 8.30. The molecule has 1 aromatic heterocycles. The van der Waals surface area contributed by atoms with Crippen LogP contribution in [0.2, 0.25) is 0 Å². The zero-order chi connectivity index (χ0) is 26.5. The molecular formula is C27H23F3N4O3. The fourth-order valence-electron chi connectivity index (χ4n) is 3.73. The highest BCUT2D eigenvalue weighted by molar-refractivity contribution is 5.73. The van der Waals surface area contributed by atoms with E-state index in [0.29, 0.717) is 27.9 Å². The summed E-state index contributed by atoms with van der Waals surface area (Å²) in [6.07, 6.45) is -4.37. The molecule has 0 aliphatic rings. The van der Waals surface area contributed by atoms with E-state index in [-0.39, 0.29) is 23.8 Å². The Labute approximate surface area is 210 Å². The molecule has 0 aliphatic heterocycles. The number of ether oxygens (including phenoxy) is 1. The maximum absolute atomic E-state index is 14.0. The number of nitrogens with two attached hydrogens (primary N) is 2. The van der Waals surface area contributed by atoms with Crippen LogP contribution < -0.4 is 16.2 Å². The molecule has 1 heterocycles. The van der Waals surface area contributed by atoms with Crippen molar-refractivity contribution in [3.8, 4) is 28.3 Å². The van der Waals surface area contributed by atoms with Crippen molar-refractivity contribution >= 4 is 11.9 Å². The van der Waals surface area contributed by atoms with Crippen LogP contribution in [0.1, 0.15) is 17.2 Å². The third-order valence-corrected chi connectivity index (χ3v) is 5.62. The van der Waals surface area contributed by atoms with Gasteiger partial charge in [-0.25, -0.2) is 18.2 Å². The topological polar surface area (TPSA) is 124 Å². The molecule has 0 bridgehead atoms. The van der Waals surface area contributed by atoms with Crippen LogP contribution in [0.3, 0.4) is 0 Å². The summed E-state index contributed by atoms with van der Waals surface area (Å²) in [5.41, 5.74) is 14.5. The number of rotatable bonds is 9. The van der Waals surface area contributed by atoms with E-state index in [4.69, 9.17) is 21.3 Å². The summed E-state index contributed by atoms with van der Waals surface area (Å²) in [7, 11) is 0. The molecule has 7 nitrogen and oxygen atoms in total. The minimum Gasteiger partial charge on any atom is -0.480 e. The molecule has 0 saturated heterocycles. The van der Waals surface area contributed by atoms with Gasteiger partial charge in [-0.15, -0.1) is 0 Å². The van der Waals surface area contributed by atoms with Crippen LogP contribution >= 0.6 is 0 Å². The van der Waals surface area contributed by atoms with Gasteiger partial charge in [-0.05, 0) is 40.8 Å². The fourth-order valence-corrected chi connectivity index (χ4v) is 3.73. The lowest BCUT2D eigenvalue weighted by Gasteiger charge is -2.19. The fraction of sp³-hybridized carbons (Fsp3) is 0.148. The first-order valence-electron chi connectivity index (χ1n) is 11.2. The van der Waals surface area contributed by atoms with E-state index in [9.17, 15) is 18.0 Å². The van der Waals surface area contributed by atoms with Gasteiger partial charge < -0.3 is 21.3 Å². The third kappa shape index (κ3) is 6.42. The van der Waals surface area contributed by atoms with Crippen molar-refractivity contribution in [2.75, 3.05) is 5.73 Å². The van der Waals surface area contributed by atoms with Crippen LogP contribution in [-0.2, 0) is 11.2 Å². The van der Waals surface area contributed by atoms with E-state index in [2.05, 4.69) is 9.97 Å². The van der Waals surface area contributed by atoms with Gasteiger partial charge in [-0.3, -0.25) is 4.79 Å². The number of halogens is 3. The number of hydrogen-bond acceptors (Lipinski definition) is 6. The second kappa shape index (κ2) is 11.1. The monoisotopic (exact) mass is 508 g/mol. The molecule has 10 heteroatoms. The van der Waals surface area contributed by atoms with Crippen molar-refractivity contribution in [1.29, 1.82) is 0 Å². The maximum Gasteiger partial charge on any atom is 0.320 e. The standard InChI is InChI=1S/C27H23F3N4O3/c28-20-3-1-2-19(13-20)16-8-10-18(11-9-16)24(25(29)30)37-23-14-22(33-27(32)34-23)17-6-4-15(5-7-17)12-21(31)26(35)36/h1-11,13-14,21,24-25H,12,31H2,(H,35,36)(H2,32,33,34)/t21-,24?/m0/s1. The van der Waals surface area contributed by atoms with Crippen molar-refractivity contribution in [3.63, 3.8) is 0 Å². The summed E-state index contributed by atoms with van der Waals surface area (Å²) in [6.45, 7) is 0. The highest BCUT2D eigenvalue weighted by Gasteiger charge is 2.26. The number of carbonyl (C=O) groups is 1. The first-order valence-corrected chi connectivity index (χ1v) is 11.2. The van der Waals surface area contributed by atoms with Crippen LogP contribution in [0, 0.1) is 5.82 Å². The number of alkyl halides is 2. The minimum absolute atomic E-state index is 0.140. The number of nitrogen functional groups attached to an aromatic ring is 1. The van der Waals surface area contributed by atoms with Crippen molar-refractivity contribution in [2.24, 2.45) is 5.73 Å². The van der Waals surface area contributed by atoms with E-state index >= 15 is 0 Å². The molecule has 190 valence electrons. The number of carboxylic acid groups (broad SMARTS) is 1. The molecule has 0 fully saturated rings.